The highest BCUT2D eigenvalue weighted by Crippen LogP contribution is 2.26. The Morgan fingerprint density at radius 1 is 1.69 bits per heavy atom. The molecule has 3 nitrogen and oxygen atoms in total. The quantitative estimate of drug-likeness (QED) is 0.781. The lowest BCUT2D eigenvalue weighted by Gasteiger charge is -2.18. The Kier molecular flexibility index (Phi) is 3.25. The summed E-state index contributed by atoms with van der Waals surface area (Å²) in [5.74, 6) is 1.30. The summed E-state index contributed by atoms with van der Waals surface area (Å²) in [5.41, 5.74) is 0.624. The van der Waals surface area contributed by atoms with Crippen LogP contribution in [-0.4, -0.2) is 18.1 Å². The molecule has 0 bridgehead atoms. The Labute approximate surface area is 104 Å². The van der Waals surface area contributed by atoms with Gasteiger partial charge in [-0.25, -0.2) is 4.98 Å². The van der Waals surface area contributed by atoms with Crippen molar-refractivity contribution in [1.29, 1.82) is 5.26 Å². The average molecular weight is 278 g/mol. The second-order valence-corrected chi connectivity index (χ2v) is 4.78. The summed E-state index contributed by atoms with van der Waals surface area (Å²) in [7, 11) is 0. The van der Waals surface area contributed by atoms with Crippen molar-refractivity contribution >= 4 is 21.7 Å². The van der Waals surface area contributed by atoms with Gasteiger partial charge < -0.3 is 4.90 Å². The van der Waals surface area contributed by atoms with Crippen molar-refractivity contribution in [1.82, 2.24) is 4.98 Å². The van der Waals surface area contributed by atoms with Gasteiger partial charge in [-0.2, -0.15) is 5.26 Å². The third-order valence-corrected chi connectivity index (χ3v) is 3.24. The van der Waals surface area contributed by atoms with Gasteiger partial charge in [0.05, 0.1) is 5.56 Å². The fraction of sp³-hybridized carbons (Fsp3) is 0.333. The van der Waals surface area contributed by atoms with Crippen molar-refractivity contribution in [2.45, 2.75) is 6.42 Å². The van der Waals surface area contributed by atoms with E-state index in [0.717, 1.165) is 29.8 Å². The van der Waals surface area contributed by atoms with Gasteiger partial charge in [0.2, 0.25) is 0 Å². The third-order valence-electron chi connectivity index (χ3n) is 2.81. The molecule has 1 saturated heterocycles. The molecule has 1 fully saturated rings. The first kappa shape index (κ1) is 11.2. The fourth-order valence-corrected chi connectivity index (χ4v) is 2.27. The summed E-state index contributed by atoms with van der Waals surface area (Å²) in [5, 5.41) is 9.07. The van der Waals surface area contributed by atoms with Crippen molar-refractivity contribution in [3.8, 4) is 6.07 Å². The summed E-state index contributed by atoms with van der Waals surface area (Å²) in [6.45, 7) is 5.66. The second-order valence-electron chi connectivity index (χ2n) is 3.87. The zero-order chi connectivity index (χ0) is 11.5. The molecule has 1 aromatic rings. The molecule has 0 amide bonds. The van der Waals surface area contributed by atoms with Crippen LogP contribution in [0.3, 0.4) is 0 Å². The van der Waals surface area contributed by atoms with Crippen LogP contribution >= 0.6 is 15.9 Å². The largest absolute Gasteiger partial charge is 0.355 e. The maximum Gasteiger partial charge on any atom is 0.146 e. The van der Waals surface area contributed by atoms with Gasteiger partial charge in [0.15, 0.2) is 0 Å². The molecule has 0 aliphatic carbocycles. The van der Waals surface area contributed by atoms with Crippen LogP contribution in [0.25, 0.3) is 0 Å². The minimum atomic E-state index is 0.511. The molecule has 1 atom stereocenters. The zero-order valence-electron chi connectivity index (χ0n) is 8.86. The van der Waals surface area contributed by atoms with E-state index in [1.165, 1.54) is 0 Å². The third kappa shape index (κ3) is 2.10. The lowest BCUT2D eigenvalue weighted by molar-refractivity contribution is 0.740. The van der Waals surface area contributed by atoms with Crippen molar-refractivity contribution in [2.24, 2.45) is 5.92 Å². The van der Waals surface area contributed by atoms with Crippen molar-refractivity contribution in [3.05, 3.63) is 35.0 Å². The monoisotopic (exact) mass is 277 g/mol. The number of hydrogen-bond acceptors (Lipinski definition) is 3. The van der Waals surface area contributed by atoms with Crippen LogP contribution in [0.1, 0.15) is 12.0 Å². The van der Waals surface area contributed by atoms with E-state index >= 15 is 0 Å². The summed E-state index contributed by atoms with van der Waals surface area (Å²) in [6.07, 6.45) is 4.80. The maximum atomic E-state index is 9.07. The summed E-state index contributed by atoms with van der Waals surface area (Å²) < 4.78 is 0.840. The Morgan fingerprint density at radius 2 is 2.50 bits per heavy atom. The molecule has 1 aromatic heterocycles. The minimum Gasteiger partial charge on any atom is -0.355 e. The molecule has 1 aliphatic rings. The first-order chi connectivity index (χ1) is 7.74. The van der Waals surface area contributed by atoms with Crippen LogP contribution in [0, 0.1) is 17.2 Å². The minimum absolute atomic E-state index is 0.511. The Hall–Kier alpha value is -1.34. The van der Waals surface area contributed by atoms with Crippen LogP contribution < -0.4 is 4.90 Å². The Morgan fingerprint density at radius 3 is 3.12 bits per heavy atom. The highest BCUT2D eigenvalue weighted by atomic mass is 79.9. The molecule has 0 aromatic carbocycles. The van der Waals surface area contributed by atoms with Gasteiger partial charge in [-0.1, -0.05) is 6.08 Å². The zero-order valence-corrected chi connectivity index (χ0v) is 10.4. The van der Waals surface area contributed by atoms with Gasteiger partial charge in [-0.15, -0.1) is 6.58 Å². The first-order valence-electron chi connectivity index (χ1n) is 5.17. The average Bonchev–Trinajstić information content (AvgIpc) is 2.77. The molecule has 2 heterocycles. The van der Waals surface area contributed by atoms with E-state index in [0.29, 0.717) is 11.5 Å². The van der Waals surface area contributed by atoms with Crippen LogP contribution in [0.15, 0.2) is 29.4 Å². The smallest absolute Gasteiger partial charge is 0.146 e. The second kappa shape index (κ2) is 4.67. The highest BCUT2D eigenvalue weighted by molar-refractivity contribution is 9.10. The van der Waals surface area contributed by atoms with Gasteiger partial charge in [-0.3, -0.25) is 0 Å². The molecule has 4 heteroatoms. The number of nitrogens with zero attached hydrogens (tertiary/aromatic N) is 3. The predicted molar refractivity (Wildman–Crippen MR) is 67.2 cm³/mol. The SMILES string of the molecule is C=CC1CCN(c2ncc(Br)cc2C#N)C1. The number of rotatable bonds is 2. The molecule has 0 spiro atoms. The number of aromatic nitrogens is 1. The molecule has 0 saturated carbocycles. The predicted octanol–water partition coefficient (Wildman–Crippen LogP) is 2.73. The lowest BCUT2D eigenvalue weighted by atomic mass is 10.1. The van der Waals surface area contributed by atoms with Crippen molar-refractivity contribution in [2.75, 3.05) is 18.0 Å². The van der Waals surface area contributed by atoms with Gasteiger partial charge in [0.1, 0.15) is 11.9 Å². The molecule has 82 valence electrons. The lowest BCUT2D eigenvalue weighted by Crippen LogP contribution is -2.21. The molecule has 16 heavy (non-hydrogen) atoms. The number of halogens is 1. The number of hydrogen-bond donors (Lipinski definition) is 0. The summed E-state index contributed by atoms with van der Waals surface area (Å²) in [4.78, 5) is 6.47. The summed E-state index contributed by atoms with van der Waals surface area (Å²) in [6, 6.07) is 4.00. The van der Waals surface area contributed by atoms with Gasteiger partial charge in [-0.05, 0) is 34.3 Å². The molecule has 0 radical (unpaired) electrons. The fourth-order valence-electron chi connectivity index (χ4n) is 1.94. The van der Waals surface area contributed by atoms with Gasteiger partial charge in [0, 0.05) is 23.8 Å². The number of pyridine rings is 1. The standard InChI is InChI=1S/C12H12BrN3/c1-2-9-3-4-16(8-9)12-10(6-14)5-11(13)7-15-12/h2,5,7,9H,1,3-4,8H2. The van der Waals surface area contributed by atoms with Crippen molar-refractivity contribution in [3.63, 3.8) is 0 Å². The summed E-state index contributed by atoms with van der Waals surface area (Å²) >= 11 is 3.32. The van der Waals surface area contributed by atoms with Crippen LogP contribution in [0.5, 0.6) is 0 Å². The van der Waals surface area contributed by atoms with E-state index in [1.807, 2.05) is 12.1 Å². The molecule has 1 unspecified atom stereocenters. The Balaban J connectivity index is 2.28. The van der Waals surface area contributed by atoms with E-state index in [4.69, 9.17) is 5.26 Å². The Bertz CT molecular complexity index is 450. The van der Waals surface area contributed by atoms with Crippen molar-refractivity contribution < 1.29 is 0 Å². The van der Waals surface area contributed by atoms with E-state index in [9.17, 15) is 0 Å². The van der Waals surface area contributed by atoms with E-state index in [1.54, 1.807) is 6.20 Å². The van der Waals surface area contributed by atoms with E-state index < -0.39 is 0 Å². The molecular formula is C12H12BrN3. The van der Waals surface area contributed by atoms with E-state index in [-0.39, 0.29) is 0 Å². The normalized spacial score (nSPS) is 19.5. The topological polar surface area (TPSA) is 39.9 Å². The molecule has 1 aliphatic heterocycles. The number of nitriles is 1. The first-order valence-corrected chi connectivity index (χ1v) is 5.97. The highest BCUT2D eigenvalue weighted by Gasteiger charge is 2.23. The van der Waals surface area contributed by atoms with Crippen LogP contribution in [0.4, 0.5) is 5.82 Å². The van der Waals surface area contributed by atoms with Crippen LogP contribution in [0.2, 0.25) is 0 Å². The van der Waals surface area contributed by atoms with Crippen LogP contribution in [-0.2, 0) is 0 Å². The molecular weight excluding hydrogens is 266 g/mol. The number of anilines is 1. The maximum absolute atomic E-state index is 9.07. The van der Waals surface area contributed by atoms with Gasteiger partial charge in [0.25, 0.3) is 0 Å². The van der Waals surface area contributed by atoms with E-state index in [2.05, 4.69) is 38.5 Å². The van der Waals surface area contributed by atoms with Gasteiger partial charge >= 0.3 is 0 Å². The molecule has 0 N–H and O–H groups in total. The molecule has 2 rings (SSSR count).